The van der Waals surface area contributed by atoms with Gasteiger partial charge in [0, 0.05) is 17.7 Å². The molecule has 2 amide bonds. The van der Waals surface area contributed by atoms with Gasteiger partial charge in [0.25, 0.3) is 17.5 Å². The number of hydrazone groups is 1. The molecule has 0 aliphatic heterocycles. The zero-order valence-corrected chi connectivity index (χ0v) is 21.2. The van der Waals surface area contributed by atoms with Crippen LogP contribution in [-0.4, -0.2) is 42.7 Å². The first kappa shape index (κ1) is 27.7. The van der Waals surface area contributed by atoms with Gasteiger partial charge in [-0.1, -0.05) is 0 Å². The predicted octanol–water partition coefficient (Wildman–Crippen LogP) is 3.85. The van der Waals surface area contributed by atoms with Gasteiger partial charge in [0.15, 0.2) is 11.5 Å². The second-order valence-electron chi connectivity index (χ2n) is 8.01. The van der Waals surface area contributed by atoms with Gasteiger partial charge in [-0.15, -0.1) is 0 Å². The summed E-state index contributed by atoms with van der Waals surface area (Å²) in [5.74, 6) is 0.700. The zero-order valence-electron chi connectivity index (χ0n) is 21.2. The molecule has 3 aromatic carbocycles. The molecular weight excluding hydrogens is 492 g/mol. The minimum absolute atomic E-state index is 0.00787. The summed E-state index contributed by atoms with van der Waals surface area (Å²) in [6.07, 6.45) is 1.44. The number of hydrogen-bond donors (Lipinski definition) is 2. The van der Waals surface area contributed by atoms with E-state index in [4.69, 9.17) is 14.2 Å². The van der Waals surface area contributed by atoms with Crippen LogP contribution in [-0.2, 0) is 11.4 Å². The van der Waals surface area contributed by atoms with E-state index < -0.39 is 22.8 Å². The fraction of sp³-hybridized carbons (Fsp3) is 0.222. The molecule has 0 saturated carbocycles. The van der Waals surface area contributed by atoms with Gasteiger partial charge in [-0.3, -0.25) is 19.7 Å². The molecule has 198 valence electrons. The Kier molecular flexibility index (Phi) is 9.75. The number of benzene rings is 3. The van der Waals surface area contributed by atoms with E-state index in [1.165, 1.54) is 25.5 Å². The van der Waals surface area contributed by atoms with E-state index in [9.17, 15) is 19.7 Å². The summed E-state index contributed by atoms with van der Waals surface area (Å²) in [5.41, 5.74) is 4.22. The van der Waals surface area contributed by atoms with Crippen molar-refractivity contribution in [3.8, 4) is 17.2 Å². The second-order valence-corrected chi connectivity index (χ2v) is 8.01. The summed E-state index contributed by atoms with van der Waals surface area (Å²) in [6, 6.07) is 16.9. The van der Waals surface area contributed by atoms with Crippen LogP contribution in [0.15, 0.2) is 71.8 Å². The van der Waals surface area contributed by atoms with Crippen molar-refractivity contribution in [1.82, 2.24) is 10.7 Å². The van der Waals surface area contributed by atoms with Gasteiger partial charge < -0.3 is 19.5 Å². The first-order valence-electron chi connectivity index (χ1n) is 11.7. The van der Waals surface area contributed by atoms with Crippen LogP contribution >= 0.6 is 0 Å². The van der Waals surface area contributed by atoms with Gasteiger partial charge >= 0.3 is 0 Å². The molecule has 3 aromatic rings. The average molecular weight is 521 g/mol. The third-order valence-electron chi connectivity index (χ3n) is 5.29. The molecule has 0 radical (unpaired) electrons. The number of nitro benzene ring substituents is 1. The Balaban J connectivity index is 1.56. The number of carbonyl (C=O) groups excluding carboxylic acids is 2. The maximum atomic E-state index is 12.4. The lowest BCUT2D eigenvalue weighted by atomic mass is 10.2. The number of nitrogens with zero attached hydrogens (tertiary/aromatic N) is 2. The van der Waals surface area contributed by atoms with Crippen molar-refractivity contribution in [2.24, 2.45) is 5.10 Å². The molecule has 0 aliphatic rings. The molecule has 3 rings (SSSR count). The zero-order chi connectivity index (χ0) is 27.5. The lowest BCUT2D eigenvalue weighted by Crippen LogP contribution is -2.43. The van der Waals surface area contributed by atoms with Crippen molar-refractivity contribution in [3.63, 3.8) is 0 Å². The van der Waals surface area contributed by atoms with Crippen LogP contribution in [0.4, 0.5) is 5.69 Å². The summed E-state index contributed by atoms with van der Waals surface area (Å²) in [7, 11) is 1.53. The van der Waals surface area contributed by atoms with Gasteiger partial charge in [-0.05, 0) is 79.6 Å². The standard InChI is InChI=1S/C27H28N4O7/c1-4-37-25-15-20(7-14-24(25)38-17-19-5-10-22(11-6-19)31(34)35)16-28-30-26(32)18(2)29-27(33)21-8-12-23(36-3)13-9-21/h5-16,18H,4,17H2,1-3H3,(H,29,33)(H,30,32). The fourth-order valence-electron chi connectivity index (χ4n) is 3.22. The van der Waals surface area contributed by atoms with Crippen LogP contribution in [0.1, 0.15) is 35.3 Å². The Hall–Kier alpha value is -4.93. The molecule has 0 fully saturated rings. The number of hydrogen-bond acceptors (Lipinski definition) is 8. The Labute approximate surface area is 219 Å². The molecule has 0 aromatic heterocycles. The molecule has 1 atom stereocenters. The predicted molar refractivity (Wildman–Crippen MR) is 141 cm³/mol. The lowest BCUT2D eigenvalue weighted by molar-refractivity contribution is -0.384. The molecule has 11 heteroatoms. The first-order chi connectivity index (χ1) is 18.3. The van der Waals surface area contributed by atoms with Crippen LogP contribution in [0.5, 0.6) is 17.2 Å². The van der Waals surface area contributed by atoms with Crippen LogP contribution in [0.3, 0.4) is 0 Å². The highest BCUT2D eigenvalue weighted by Crippen LogP contribution is 2.29. The highest BCUT2D eigenvalue weighted by molar-refractivity contribution is 5.97. The van der Waals surface area contributed by atoms with E-state index in [1.54, 1.807) is 61.5 Å². The third kappa shape index (κ3) is 7.79. The third-order valence-corrected chi connectivity index (χ3v) is 5.29. The van der Waals surface area contributed by atoms with Crippen molar-refractivity contribution >= 4 is 23.7 Å². The van der Waals surface area contributed by atoms with Crippen molar-refractivity contribution in [2.75, 3.05) is 13.7 Å². The van der Waals surface area contributed by atoms with E-state index in [2.05, 4.69) is 15.8 Å². The van der Waals surface area contributed by atoms with Gasteiger partial charge in [0.1, 0.15) is 18.4 Å². The number of amides is 2. The number of nitro groups is 1. The van der Waals surface area contributed by atoms with E-state index >= 15 is 0 Å². The summed E-state index contributed by atoms with van der Waals surface area (Å²) in [5, 5.41) is 17.4. The Bertz CT molecular complexity index is 1290. The normalized spacial score (nSPS) is 11.4. The lowest BCUT2D eigenvalue weighted by Gasteiger charge is -2.13. The van der Waals surface area contributed by atoms with Crippen molar-refractivity contribution in [3.05, 3.63) is 93.5 Å². The van der Waals surface area contributed by atoms with Gasteiger partial charge in [-0.2, -0.15) is 5.10 Å². The summed E-state index contributed by atoms with van der Waals surface area (Å²) < 4.78 is 16.6. The highest BCUT2D eigenvalue weighted by Gasteiger charge is 2.16. The highest BCUT2D eigenvalue weighted by atomic mass is 16.6. The van der Waals surface area contributed by atoms with E-state index in [0.717, 1.165) is 5.56 Å². The maximum Gasteiger partial charge on any atom is 0.269 e. The van der Waals surface area contributed by atoms with E-state index in [0.29, 0.717) is 35.0 Å². The Morgan fingerprint density at radius 2 is 1.74 bits per heavy atom. The smallest absolute Gasteiger partial charge is 0.269 e. The number of non-ortho nitro benzene ring substituents is 1. The van der Waals surface area contributed by atoms with Crippen LogP contribution in [0.25, 0.3) is 0 Å². The monoisotopic (exact) mass is 520 g/mol. The average Bonchev–Trinajstić information content (AvgIpc) is 2.92. The fourth-order valence-corrected chi connectivity index (χ4v) is 3.22. The first-order valence-corrected chi connectivity index (χ1v) is 11.7. The summed E-state index contributed by atoms with van der Waals surface area (Å²) >= 11 is 0. The van der Waals surface area contributed by atoms with Crippen molar-refractivity contribution in [1.29, 1.82) is 0 Å². The second kappa shape index (κ2) is 13.4. The Morgan fingerprint density at radius 1 is 1.03 bits per heavy atom. The minimum Gasteiger partial charge on any atom is -0.497 e. The number of carbonyl (C=O) groups is 2. The van der Waals surface area contributed by atoms with Gasteiger partial charge in [-0.25, -0.2) is 5.43 Å². The topological polar surface area (TPSA) is 141 Å². The molecule has 1 unspecified atom stereocenters. The largest absolute Gasteiger partial charge is 0.497 e. The molecule has 0 spiro atoms. The molecule has 0 bridgehead atoms. The molecule has 2 N–H and O–H groups in total. The number of rotatable bonds is 12. The SMILES string of the molecule is CCOc1cc(C=NNC(=O)C(C)NC(=O)c2ccc(OC)cc2)ccc1OCc1ccc([N+](=O)[O-])cc1. The van der Waals surface area contributed by atoms with Crippen molar-refractivity contribution in [2.45, 2.75) is 26.5 Å². The molecule has 11 nitrogen and oxygen atoms in total. The summed E-state index contributed by atoms with van der Waals surface area (Å²) in [4.78, 5) is 35.1. The van der Waals surface area contributed by atoms with E-state index in [1.807, 2.05) is 6.92 Å². The molecule has 0 heterocycles. The summed E-state index contributed by atoms with van der Waals surface area (Å²) in [6.45, 7) is 3.98. The quantitative estimate of drug-likeness (QED) is 0.210. The Morgan fingerprint density at radius 3 is 2.37 bits per heavy atom. The number of nitrogens with one attached hydrogen (secondary N) is 2. The van der Waals surface area contributed by atoms with Gasteiger partial charge in [0.05, 0.1) is 24.9 Å². The minimum atomic E-state index is -0.823. The van der Waals surface area contributed by atoms with Crippen LogP contribution in [0.2, 0.25) is 0 Å². The van der Waals surface area contributed by atoms with Crippen LogP contribution in [0, 0.1) is 10.1 Å². The van der Waals surface area contributed by atoms with Gasteiger partial charge in [0.2, 0.25) is 0 Å². The number of methoxy groups -OCH3 is 1. The maximum absolute atomic E-state index is 12.4. The molecule has 0 saturated heterocycles. The van der Waals surface area contributed by atoms with E-state index in [-0.39, 0.29) is 12.3 Å². The van der Waals surface area contributed by atoms with Crippen molar-refractivity contribution < 1.29 is 28.7 Å². The number of ether oxygens (including phenoxy) is 3. The molecular formula is C27H28N4O7. The molecule has 38 heavy (non-hydrogen) atoms. The molecule has 0 aliphatic carbocycles. The van der Waals surface area contributed by atoms with Crippen LogP contribution < -0.4 is 25.0 Å².